The van der Waals surface area contributed by atoms with Gasteiger partial charge in [-0.3, -0.25) is 9.78 Å². The van der Waals surface area contributed by atoms with Gasteiger partial charge >= 0.3 is 0 Å². The number of anilines is 2. The van der Waals surface area contributed by atoms with Gasteiger partial charge in [-0.1, -0.05) is 23.7 Å². The highest BCUT2D eigenvalue weighted by atomic mass is 35.5. The summed E-state index contributed by atoms with van der Waals surface area (Å²) in [5, 5.41) is 3.49. The van der Waals surface area contributed by atoms with E-state index >= 15 is 0 Å². The second kappa shape index (κ2) is 9.02. The number of hydrogen-bond donors (Lipinski definition) is 1. The SMILES string of the molecule is Cc1cc(F)ccc1Nc1c(Cl)cncc1C(=O)N1CCC(c2ccc(F)cc2)CC1. The van der Waals surface area contributed by atoms with Gasteiger partial charge in [0, 0.05) is 31.2 Å². The Labute approximate surface area is 184 Å². The number of piperidine rings is 1. The van der Waals surface area contributed by atoms with Gasteiger partial charge in [0.25, 0.3) is 5.91 Å². The lowest BCUT2D eigenvalue weighted by Crippen LogP contribution is -2.38. The zero-order valence-corrected chi connectivity index (χ0v) is 17.8. The maximum absolute atomic E-state index is 13.4. The van der Waals surface area contributed by atoms with Crippen LogP contribution in [0.5, 0.6) is 0 Å². The number of likely N-dealkylation sites (tertiary alicyclic amines) is 1. The molecule has 4 rings (SSSR count). The van der Waals surface area contributed by atoms with Gasteiger partial charge in [-0.2, -0.15) is 0 Å². The van der Waals surface area contributed by atoms with E-state index < -0.39 is 0 Å². The molecule has 0 saturated carbocycles. The second-order valence-corrected chi connectivity index (χ2v) is 8.15. The predicted molar refractivity (Wildman–Crippen MR) is 118 cm³/mol. The number of aryl methyl sites for hydroxylation is 1. The van der Waals surface area contributed by atoms with Gasteiger partial charge < -0.3 is 10.2 Å². The number of rotatable bonds is 4. The molecule has 1 fully saturated rings. The van der Waals surface area contributed by atoms with Crippen LogP contribution in [0.25, 0.3) is 0 Å². The molecular formula is C24H22ClF2N3O. The third-order valence-corrected chi connectivity index (χ3v) is 5.99. The number of pyridine rings is 1. The van der Waals surface area contributed by atoms with E-state index in [1.807, 2.05) is 12.1 Å². The molecule has 0 unspecified atom stereocenters. The highest BCUT2D eigenvalue weighted by Crippen LogP contribution is 2.33. The standard InChI is InChI=1S/C24H22ClF2N3O/c1-15-12-19(27)6-7-22(15)29-23-20(13-28-14-21(23)25)24(31)30-10-8-17(9-11-30)16-2-4-18(26)5-3-16/h2-7,12-14,17H,8-11H2,1H3,(H,28,29). The Morgan fingerprint density at radius 3 is 2.42 bits per heavy atom. The first kappa shape index (κ1) is 21.2. The molecule has 1 aromatic heterocycles. The first-order valence-corrected chi connectivity index (χ1v) is 10.5. The van der Waals surface area contributed by atoms with E-state index in [4.69, 9.17) is 11.6 Å². The van der Waals surface area contributed by atoms with Gasteiger partial charge in [0.2, 0.25) is 0 Å². The van der Waals surface area contributed by atoms with Crippen molar-refractivity contribution in [3.8, 4) is 0 Å². The maximum atomic E-state index is 13.4. The van der Waals surface area contributed by atoms with Crippen LogP contribution in [0.15, 0.2) is 54.9 Å². The molecule has 7 heteroatoms. The zero-order valence-electron chi connectivity index (χ0n) is 17.0. The largest absolute Gasteiger partial charge is 0.353 e. The number of amides is 1. The van der Waals surface area contributed by atoms with Crippen LogP contribution >= 0.6 is 11.6 Å². The maximum Gasteiger partial charge on any atom is 0.257 e. The van der Waals surface area contributed by atoms with Crippen molar-refractivity contribution in [1.29, 1.82) is 0 Å². The first-order chi connectivity index (χ1) is 14.9. The van der Waals surface area contributed by atoms with Gasteiger partial charge in [0.15, 0.2) is 0 Å². The van der Waals surface area contributed by atoms with Gasteiger partial charge in [0.05, 0.1) is 16.3 Å². The lowest BCUT2D eigenvalue weighted by atomic mass is 9.89. The van der Waals surface area contributed by atoms with Crippen LogP contribution in [0.3, 0.4) is 0 Å². The van der Waals surface area contributed by atoms with Crippen molar-refractivity contribution < 1.29 is 13.6 Å². The van der Waals surface area contributed by atoms with Gasteiger partial charge in [-0.15, -0.1) is 0 Å². The predicted octanol–water partition coefficient (Wildman–Crippen LogP) is 6.09. The van der Waals surface area contributed by atoms with E-state index in [0.717, 1.165) is 18.4 Å². The molecule has 1 N–H and O–H groups in total. The Morgan fingerprint density at radius 2 is 1.74 bits per heavy atom. The Hall–Kier alpha value is -2.99. The third kappa shape index (κ3) is 4.69. The van der Waals surface area contributed by atoms with E-state index in [-0.39, 0.29) is 17.5 Å². The monoisotopic (exact) mass is 441 g/mol. The lowest BCUT2D eigenvalue weighted by molar-refractivity contribution is 0.0713. The smallest absolute Gasteiger partial charge is 0.257 e. The van der Waals surface area contributed by atoms with E-state index in [0.29, 0.717) is 46.5 Å². The molecule has 1 aliphatic rings. The minimum Gasteiger partial charge on any atom is -0.353 e. The van der Waals surface area contributed by atoms with Crippen LogP contribution in [0.2, 0.25) is 5.02 Å². The highest BCUT2D eigenvalue weighted by molar-refractivity contribution is 6.34. The van der Waals surface area contributed by atoms with Crippen molar-refractivity contribution in [3.05, 3.63) is 88.2 Å². The molecule has 4 nitrogen and oxygen atoms in total. The molecule has 0 aliphatic carbocycles. The Kier molecular flexibility index (Phi) is 6.18. The summed E-state index contributed by atoms with van der Waals surface area (Å²) in [7, 11) is 0. The number of nitrogens with zero attached hydrogens (tertiary/aromatic N) is 2. The number of hydrogen-bond acceptors (Lipinski definition) is 3. The summed E-state index contributed by atoms with van der Waals surface area (Å²) in [5.74, 6) is -0.443. The number of halogens is 3. The second-order valence-electron chi connectivity index (χ2n) is 7.75. The van der Waals surface area contributed by atoms with Crippen LogP contribution in [0.4, 0.5) is 20.2 Å². The fraction of sp³-hybridized carbons (Fsp3) is 0.250. The van der Waals surface area contributed by atoms with Crippen molar-refractivity contribution >= 4 is 28.9 Å². The number of aromatic nitrogens is 1. The molecule has 31 heavy (non-hydrogen) atoms. The molecular weight excluding hydrogens is 420 g/mol. The topological polar surface area (TPSA) is 45.2 Å². The van der Waals surface area contributed by atoms with Crippen LogP contribution in [-0.2, 0) is 0 Å². The van der Waals surface area contributed by atoms with E-state index in [9.17, 15) is 13.6 Å². The van der Waals surface area contributed by atoms with E-state index in [2.05, 4.69) is 10.3 Å². The molecule has 1 amide bonds. The molecule has 2 aromatic carbocycles. The summed E-state index contributed by atoms with van der Waals surface area (Å²) in [4.78, 5) is 19.2. The Morgan fingerprint density at radius 1 is 1.06 bits per heavy atom. The number of carbonyl (C=O) groups is 1. The van der Waals surface area contributed by atoms with Crippen LogP contribution in [0, 0.1) is 18.6 Å². The normalized spacial score (nSPS) is 14.5. The molecule has 0 bridgehead atoms. The highest BCUT2D eigenvalue weighted by Gasteiger charge is 2.27. The third-order valence-electron chi connectivity index (χ3n) is 5.70. The van der Waals surface area contributed by atoms with E-state index in [1.165, 1.54) is 36.7 Å². The van der Waals surface area contributed by atoms with Crippen molar-refractivity contribution in [2.75, 3.05) is 18.4 Å². The molecule has 1 aliphatic heterocycles. The molecule has 3 aromatic rings. The van der Waals surface area contributed by atoms with Crippen LogP contribution < -0.4 is 5.32 Å². The van der Waals surface area contributed by atoms with Crippen molar-refractivity contribution in [1.82, 2.24) is 9.88 Å². The van der Waals surface area contributed by atoms with Gasteiger partial charge in [-0.05, 0) is 67.1 Å². The fourth-order valence-corrected chi connectivity index (χ4v) is 4.15. The average Bonchev–Trinajstić information content (AvgIpc) is 2.77. The average molecular weight is 442 g/mol. The van der Waals surface area contributed by atoms with Crippen LogP contribution in [0.1, 0.15) is 40.2 Å². The van der Waals surface area contributed by atoms with Crippen LogP contribution in [-0.4, -0.2) is 28.9 Å². The summed E-state index contributed by atoms with van der Waals surface area (Å²) < 4.78 is 26.6. The van der Waals surface area contributed by atoms with E-state index in [1.54, 1.807) is 17.9 Å². The number of benzene rings is 2. The minimum absolute atomic E-state index is 0.158. The molecule has 0 radical (unpaired) electrons. The summed E-state index contributed by atoms with van der Waals surface area (Å²) in [6.45, 7) is 2.95. The molecule has 0 spiro atoms. The Bertz CT molecular complexity index is 1100. The van der Waals surface area contributed by atoms with Gasteiger partial charge in [0.1, 0.15) is 11.6 Å². The molecule has 160 valence electrons. The fourth-order valence-electron chi connectivity index (χ4n) is 3.95. The molecule has 1 saturated heterocycles. The summed E-state index contributed by atoms with van der Waals surface area (Å²) >= 11 is 6.36. The quantitative estimate of drug-likeness (QED) is 0.533. The van der Waals surface area contributed by atoms with Crippen molar-refractivity contribution in [2.24, 2.45) is 0 Å². The number of nitrogens with one attached hydrogen (secondary N) is 1. The summed E-state index contributed by atoms with van der Waals surface area (Å²) in [6.07, 6.45) is 4.57. The van der Waals surface area contributed by atoms with Gasteiger partial charge in [-0.25, -0.2) is 8.78 Å². The molecule has 0 atom stereocenters. The Balaban J connectivity index is 1.51. The minimum atomic E-state index is -0.329. The van der Waals surface area contributed by atoms with Crippen molar-refractivity contribution in [2.45, 2.75) is 25.7 Å². The summed E-state index contributed by atoms with van der Waals surface area (Å²) in [6, 6.07) is 11.0. The lowest BCUT2D eigenvalue weighted by Gasteiger charge is -2.32. The number of carbonyl (C=O) groups excluding carboxylic acids is 1. The first-order valence-electron chi connectivity index (χ1n) is 10.1. The zero-order chi connectivity index (χ0) is 22.0. The molecule has 2 heterocycles. The summed E-state index contributed by atoms with van der Waals surface area (Å²) in [5.41, 5.74) is 3.28. The van der Waals surface area contributed by atoms with Crippen molar-refractivity contribution in [3.63, 3.8) is 0 Å².